The number of aliphatic hydroxyl groups is 1. The number of amides is 2. The fourth-order valence-corrected chi connectivity index (χ4v) is 3.99. The monoisotopic (exact) mass is 511 g/mol. The number of hydrogen-bond acceptors (Lipinski definition) is 7. The Morgan fingerprint density at radius 3 is 2.25 bits per heavy atom. The highest BCUT2D eigenvalue weighted by atomic mass is 32.1. The molecule has 0 saturated carbocycles. The molecule has 2 unspecified atom stereocenters. The first-order valence-corrected chi connectivity index (χ1v) is 12.6. The second-order valence-corrected chi connectivity index (χ2v) is 10.3. The van der Waals surface area contributed by atoms with Gasteiger partial charge in [0.2, 0.25) is 0 Å². The van der Waals surface area contributed by atoms with Gasteiger partial charge in [-0.05, 0) is 38.3 Å². The van der Waals surface area contributed by atoms with Crippen LogP contribution in [0.25, 0.3) is 0 Å². The number of aliphatic hydroxyl groups excluding tert-OH is 1. The average molecular weight is 512 g/mol. The summed E-state index contributed by atoms with van der Waals surface area (Å²) in [7, 11) is 0. The predicted octanol–water partition coefficient (Wildman–Crippen LogP) is 4.78. The number of nitrogens with one attached hydrogen (secondary N) is 1. The smallest absolute Gasteiger partial charge is 0.410 e. The van der Waals surface area contributed by atoms with Gasteiger partial charge in [0, 0.05) is 18.3 Å². The third-order valence-corrected chi connectivity index (χ3v) is 6.24. The summed E-state index contributed by atoms with van der Waals surface area (Å²) in [6, 6.07) is 18.4. The molecular formula is C27H33N3O5S. The molecular weight excluding hydrogens is 478 g/mol. The number of aromatic nitrogens is 1. The fourth-order valence-electron chi connectivity index (χ4n) is 3.49. The van der Waals surface area contributed by atoms with E-state index in [0.717, 1.165) is 16.0 Å². The highest BCUT2D eigenvalue weighted by Gasteiger charge is 2.30. The van der Waals surface area contributed by atoms with E-state index in [9.17, 15) is 14.7 Å². The molecule has 2 N–H and O–H groups in total. The van der Waals surface area contributed by atoms with E-state index in [1.54, 1.807) is 16.6 Å². The minimum Gasteiger partial charge on any atom is -0.447 e. The Morgan fingerprint density at radius 2 is 1.67 bits per heavy atom. The molecule has 0 radical (unpaired) electrons. The van der Waals surface area contributed by atoms with Crippen molar-refractivity contribution >= 4 is 23.5 Å². The Balaban J connectivity index is 1.63. The van der Waals surface area contributed by atoms with Crippen molar-refractivity contribution in [2.24, 2.45) is 0 Å². The van der Waals surface area contributed by atoms with Crippen LogP contribution >= 0.6 is 11.3 Å². The molecule has 8 nitrogen and oxygen atoms in total. The molecule has 1 heterocycles. The lowest BCUT2D eigenvalue weighted by molar-refractivity contribution is 0.0143. The summed E-state index contributed by atoms with van der Waals surface area (Å²) in [6.45, 7) is 5.94. The molecule has 0 aliphatic carbocycles. The lowest BCUT2D eigenvalue weighted by atomic mass is 10.0. The lowest BCUT2D eigenvalue weighted by Gasteiger charge is -2.35. The first kappa shape index (κ1) is 27.2. The molecule has 0 saturated heterocycles. The van der Waals surface area contributed by atoms with Crippen LogP contribution in [-0.2, 0) is 29.0 Å². The summed E-state index contributed by atoms with van der Waals surface area (Å²) >= 11 is 1.38. The summed E-state index contributed by atoms with van der Waals surface area (Å²) in [5, 5.41) is 13.6. The van der Waals surface area contributed by atoms with E-state index in [2.05, 4.69) is 10.3 Å². The fraction of sp³-hybridized carbons (Fsp3) is 0.370. The molecule has 3 rings (SSSR count). The number of nitrogens with zero attached hydrogens (tertiary/aromatic N) is 2. The van der Waals surface area contributed by atoms with Gasteiger partial charge >= 0.3 is 12.2 Å². The summed E-state index contributed by atoms with van der Waals surface area (Å²) < 4.78 is 10.8. The van der Waals surface area contributed by atoms with E-state index in [1.807, 2.05) is 81.4 Å². The Bertz CT molecular complexity index is 1070. The van der Waals surface area contributed by atoms with Gasteiger partial charge in [-0.25, -0.2) is 9.59 Å². The number of benzene rings is 2. The second-order valence-electron chi connectivity index (χ2n) is 9.37. The highest BCUT2D eigenvalue weighted by molar-refractivity contribution is 7.09. The molecule has 0 spiro atoms. The van der Waals surface area contributed by atoms with Gasteiger partial charge < -0.3 is 19.9 Å². The zero-order valence-corrected chi connectivity index (χ0v) is 21.6. The number of alkyl carbamates (subject to hydrolysis) is 1. The topological polar surface area (TPSA) is 101 Å². The van der Waals surface area contributed by atoms with Crippen LogP contribution in [0.5, 0.6) is 0 Å². The quantitative estimate of drug-likeness (QED) is 0.406. The van der Waals surface area contributed by atoms with E-state index in [4.69, 9.17) is 9.47 Å². The molecule has 3 aromatic rings. The Hall–Kier alpha value is -3.43. The van der Waals surface area contributed by atoms with Gasteiger partial charge in [-0.15, -0.1) is 11.3 Å². The van der Waals surface area contributed by atoms with Gasteiger partial charge in [0.1, 0.15) is 19.3 Å². The number of rotatable bonds is 10. The Kier molecular flexibility index (Phi) is 9.84. The number of thiazole rings is 1. The van der Waals surface area contributed by atoms with Crippen molar-refractivity contribution in [1.29, 1.82) is 0 Å². The van der Waals surface area contributed by atoms with Crippen molar-refractivity contribution in [3.8, 4) is 0 Å². The summed E-state index contributed by atoms with van der Waals surface area (Å²) in [6.07, 6.45) is -0.401. The first-order chi connectivity index (χ1) is 17.2. The minimum absolute atomic E-state index is 0.0830. The summed E-state index contributed by atoms with van der Waals surface area (Å²) in [5.41, 5.74) is 3.04. The molecule has 0 fully saturated rings. The van der Waals surface area contributed by atoms with Gasteiger partial charge in [0.25, 0.3) is 0 Å². The number of ether oxygens (including phenoxy) is 2. The molecule has 0 bridgehead atoms. The van der Waals surface area contributed by atoms with E-state index in [-0.39, 0.29) is 13.2 Å². The number of carbonyl (C=O) groups excluding carboxylic acids is 2. The van der Waals surface area contributed by atoms with Crippen molar-refractivity contribution < 1.29 is 24.2 Å². The van der Waals surface area contributed by atoms with Gasteiger partial charge in [0.05, 0.1) is 16.4 Å². The molecule has 1 aromatic heterocycles. The molecule has 36 heavy (non-hydrogen) atoms. The second kappa shape index (κ2) is 13.0. The zero-order valence-electron chi connectivity index (χ0n) is 20.8. The van der Waals surface area contributed by atoms with Gasteiger partial charge in [-0.3, -0.25) is 9.88 Å². The standard InChI is InChI=1S/C27H33N3O5S/c1-27(2,3)30(16-21-12-8-5-9-13-21)26(33)35-18-24(31)23(14-20-10-6-4-7-11-20)29-25(32)34-17-22-15-28-19-36-22/h4-13,15,19,23-24,31H,14,16-18H2,1-3H3,(H,29,32). The van der Waals surface area contributed by atoms with Crippen LogP contribution in [0.1, 0.15) is 36.8 Å². The molecule has 9 heteroatoms. The van der Waals surface area contributed by atoms with E-state index in [1.165, 1.54) is 11.3 Å². The highest BCUT2D eigenvalue weighted by Crippen LogP contribution is 2.19. The first-order valence-electron chi connectivity index (χ1n) is 11.7. The van der Waals surface area contributed by atoms with Crippen molar-refractivity contribution in [2.45, 2.75) is 58.0 Å². The van der Waals surface area contributed by atoms with Crippen LogP contribution in [-0.4, -0.2) is 51.5 Å². The van der Waals surface area contributed by atoms with Crippen molar-refractivity contribution in [2.75, 3.05) is 6.61 Å². The van der Waals surface area contributed by atoms with Crippen LogP contribution in [0.3, 0.4) is 0 Å². The SMILES string of the molecule is CC(C)(C)N(Cc1ccccc1)C(=O)OCC(O)C(Cc1ccccc1)NC(=O)OCc1cncs1. The molecule has 2 atom stereocenters. The Morgan fingerprint density at radius 1 is 1.03 bits per heavy atom. The van der Waals surface area contributed by atoms with Gasteiger partial charge in [0.15, 0.2) is 0 Å². The molecule has 0 aliphatic rings. The van der Waals surface area contributed by atoms with Crippen LogP contribution in [0.2, 0.25) is 0 Å². The van der Waals surface area contributed by atoms with Crippen LogP contribution in [0.15, 0.2) is 72.4 Å². The van der Waals surface area contributed by atoms with E-state index in [0.29, 0.717) is 13.0 Å². The zero-order chi connectivity index (χ0) is 26.0. The van der Waals surface area contributed by atoms with Crippen molar-refractivity contribution in [3.63, 3.8) is 0 Å². The maximum atomic E-state index is 13.0. The number of hydrogen-bond donors (Lipinski definition) is 2. The third kappa shape index (κ3) is 8.66. The largest absolute Gasteiger partial charge is 0.447 e. The molecule has 2 aromatic carbocycles. The molecule has 2 amide bonds. The van der Waals surface area contributed by atoms with Crippen LogP contribution < -0.4 is 5.32 Å². The van der Waals surface area contributed by atoms with Crippen molar-refractivity contribution in [3.05, 3.63) is 88.4 Å². The van der Waals surface area contributed by atoms with Gasteiger partial charge in [-0.1, -0.05) is 60.7 Å². The van der Waals surface area contributed by atoms with Crippen molar-refractivity contribution in [1.82, 2.24) is 15.2 Å². The van der Waals surface area contributed by atoms with E-state index < -0.39 is 29.9 Å². The lowest BCUT2D eigenvalue weighted by Crippen LogP contribution is -2.49. The molecule has 0 aliphatic heterocycles. The molecule has 192 valence electrons. The minimum atomic E-state index is -1.15. The summed E-state index contributed by atoms with van der Waals surface area (Å²) in [5.74, 6) is 0. The summed E-state index contributed by atoms with van der Waals surface area (Å²) in [4.78, 5) is 31.8. The normalized spacial score (nSPS) is 12.9. The predicted molar refractivity (Wildman–Crippen MR) is 138 cm³/mol. The third-order valence-electron chi connectivity index (χ3n) is 5.49. The Labute approximate surface area is 215 Å². The van der Waals surface area contributed by atoms with Crippen LogP contribution in [0.4, 0.5) is 9.59 Å². The van der Waals surface area contributed by atoms with E-state index >= 15 is 0 Å². The van der Waals surface area contributed by atoms with Gasteiger partial charge in [-0.2, -0.15) is 0 Å². The van der Waals surface area contributed by atoms with Crippen LogP contribution in [0, 0.1) is 0 Å². The maximum Gasteiger partial charge on any atom is 0.410 e. The maximum absolute atomic E-state index is 13.0. The average Bonchev–Trinajstić information content (AvgIpc) is 3.38. The number of carbonyl (C=O) groups is 2.